The summed E-state index contributed by atoms with van der Waals surface area (Å²) < 4.78 is 22.4. The fraction of sp³-hybridized carbons (Fsp3) is 0.688. The van der Waals surface area contributed by atoms with Gasteiger partial charge in [-0.3, -0.25) is 14.9 Å². The lowest BCUT2D eigenvalue weighted by Gasteiger charge is -2.63. The van der Waals surface area contributed by atoms with Gasteiger partial charge in [0, 0.05) is 23.6 Å². The Kier molecular flexibility index (Phi) is 7.92. The van der Waals surface area contributed by atoms with E-state index >= 15 is 0 Å². The van der Waals surface area contributed by atoms with Crippen molar-refractivity contribution in [1.82, 2.24) is 10.2 Å². The number of likely N-dealkylation sites (tertiary alicyclic amines) is 1. The molecule has 1 saturated heterocycles. The largest absolute Gasteiger partial charge is 0.513 e. The van der Waals surface area contributed by atoms with Gasteiger partial charge in [0.05, 0.1) is 23.2 Å². The number of piperidine rings is 1. The summed E-state index contributed by atoms with van der Waals surface area (Å²) in [4.78, 5) is 51.8. The standard InChI is InChI=1S/C32H40N4O9/c1-30(2,3)45-28(38)34-26(27(37)35-23(17-33)11-21-12-25(21)35)31-13-19-10-20(14-31)16-32(15-19,18-31)43-9-8-42-29(39)44-24-6-4-22(5-7-24)36(40)41/h4-7,19-21,23,25-26H,8-16,18H2,1-3H3,(H,34,38)/t19?,20?,21-,23+,25+,26?,31?,32?/m1/s1. The lowest BCUT2D eigenvalue weighted by molar-refractivity contribution is -0.384. The Labute approximate surface area is 261 Å². The van der Waals surface area contributed by atoms with Crippen molar-refractivity contribution in [2.75, 3.05) is 13.2 Å². The first-order chi connectivity index (χ1) is 21.3. The first kappa shape index (κ1) is 31.1. The molecule has 5 saturated carbocycles. The molecule has 3 unspecified atom stereocenters. The number of nitro groups is 1. The number of amides is 2. The Morgan fingerprint density at radius 1 is 1.09 bits per heavy atom. The van der Waals surface area contributed by atoms with Gasteiger partial charge in [-0.05, 0) is 102 Å². The van der Waals surface area contributed by atoms with Crippen LogP contribution in [0.3, 0.4) is 0 Å². The number of nitro benzene ring substituents is 1. The summed E-state index contributed by atoms with van der Waals surface area (Å²) in [7, 11) is 0. The average Bonchev–Trinajstić information content (AvgIpc) is 3.61. The minimum Gasteiger partial charge on any atom is -0.444 e. The molecule has 13 heteroatoms. The highest BCUT2D eigenvalue weighted by molar-refractivity contribution is 5.88. The predicted octanol–water partition coefficient (Wildman–Crippen LogP) is 4.87. The molecule has 6 aliphatic rings. The molecule has 6 atom stereocenters. The third-order valence-electron chi connectivity index (χ3n) is 10.0. The summed E-state index contributed by atoms with van der Waals surface area (Å²) in [5, 5.41) is 23.7. The number of fused-ring (bicyclic) bond motifs is 1. The van der Waals surface area contributed by atoms with E-state index < -0.39 is 45.9 Å². The Balaban J connectivity index is 1.14. The van der Waals surface area contributed by atoms with Crippen LogP contribution in [0.15, 0.2) is 24.3 Å². The van der Waals surface area contributed by atoms with E-state index in [4.69, 9.17) is 18.9 Å². The highest BCUT2D eigenvalue weighted by Crippen LogP contribution is 2.64. The van der Waals surface area contributed by atoms with Crippen LogP contribution in [-0.4, -0.2) is 70.5 Å². The van der Waals surface area contributed by atoms with Gasteiger partial charge in [-0.1, -0.05) is 0 Å². The van der Waals surface area contributed by atoms with E-state index in [1.54, 1.807) is 25.7 Å². The molecule has 1 aromatic carbocycles. The molecule has 1 N–H and O–H groups in total. The van der Waals surface area contributed by atoms with Crippen LogP contribution < -0.4 is 10.1 Å². The van der Waals surface area contributed by atoms with Gasteiger partial charge >= 0.3 is 12.2 Å². The molecule has 1 aliphatic heterocycles. The molecule has 4 bridgehead atoms. The lowest BCUT2D eigenvalue weighted by Crippen LogP contribution is -2.67. The van der Waals surface area contributed by atoms with Crippen molar-refractivity contribution < 1.29 is 38.3 Å². The number of alkyl carbamates (subject to hydrolysis) is 1. The SMILES string of the molecule is CC(C)(C)OC(=O)NC(C(=O)N1[C@H](C#N)C[C@@H]2C[C@@H]21)C12CC3CC(CC(OCCOC(=O)Oc4ccc([N+](=O)[O-])cc4)(C3)C1)C2. The maximum atomic E-state index is 14.4. The molecule has 5 aliphatic carbocycles. The molecule has 242 valence electrons. The first-order valence-electron chi connectivity index (χ1n) is 15.7. The zero-order chi connectivity index (χ0) is 32.1. The van der Waals surface area contributed by atoms with Gasteiger partial charge < -0.3 is 29.2 Å². The second-order valence-corrected chi connectivity index (χ2v) is 14.6. The molecule has 2 amide bonds. The van der Waals surface area contributed by atoms with Crippen molar-refractivity contribution in [3.05, 3.63) is 34.4 Å². The minimum atomic E-state index is -0.947. The highest BCUT2D eigenvalue weighted by atomic mass is 16.7. The van der Waals surface area contributed by atoms with Crippen molar-refractivity contribution in [3.63, 3.8) is 0 Å². The monoisotopic (exact) mass is 624 g/mol. The normalized spacial score (nSPS) is 33.0. The topological polar surface area (TPSA) is 170 Å². The van der Waals surface area contributed by atoms with Crippen molar-refractivity contribution >= 4 is 23.8 Å². The van der Waals surface area contributed by atoms with E-state index in [0.29, 0.717) is 30.6 Å². The third-order valence-corrected chi connectivity index (χ3v) is 10.0. The van der Waals surface area contributed by atoms with Crippen LogP contribution >= 0.6 is 0 Å². The number of benzene rings is 1. The summed E-state index contributed by atoms with van der Waals surface area (Å²) in [6, 6.07) is 6.12. The van der Waals surface area contributed by atoms with Crippen molar-refractivity contribution in [3.8, 4) is 11.8 Å². The molecule has 7 rings (SSSR count). The number of rotatable bonds is 9. The zero-order valence-electron chi connectivity index (χ0n) is 25.9. The smallest absolute Gasteiger partial charge is 0.444 e. The van der Waals surface area contributed by atoms with E-state index in [2.05, 4.69) is 11.4 Å². The van der Waals surface area contributed by atoms with Crippen molar-refractivity contribution in [2.45, 2.75) is 101 Å². The average molecular weight is 625 g/mol. The molecule has 1 heterocycles. The molecular weight excluding hydrogens is 584 g/mol. The first-order valence-corrected chi connectivity index (χ1v) is 15.7. The number of non-ortho nitro benzene ring substituents is 1. The minimum absolute atomic E-state index is 0.0483. The van der Waals surface area contributed by atoms with E-state index in [-0.39, 0.29) is 36.6 Å². The Morgan fingerprint density at radius 2 is 1.78 bits per heavy atom. The molecule has 0 spiro atoms. The molecule has 0 radical (unpaired) electrons. The number of nitrogens with zero attached hydrogens (tertiary/aromatic N) is 3. The Bertz CT molecular complexity index is 1390. The second kappa shape index (κ2) is 11.5. The van der Waals surface area contributed by atoms with Crippen molar-refractivity contribution in [2.24, 2.45) is 23.2 Å². The van der Waals surface area contributed by atoms with E-state index in [1.807, 2.05) is 0 Å². The lowest BCUT2D eigenvalue weighted by atomic mass is 9.46. The van der Waals surface area contributed by atoms with E-state index in [0.717, 1.165) is 38.5 Å². The van der Waals surface area contributed by atoms with E-state index in [9.17, 15) is 29.8 Å². The summed E-state index contributed by atoms with van der Waals surface area (Å²) in [6.45, 7) is 5.40. The summed E-state index contributed by atoms with van der Waals surface area (Å²) >= 11 is 0. The second-order valence-electron chi connectivity index (χ2n) is 14.6. The van der Waals surface area contributed by atoms with Gasteiger partial charge in [-0.15, -0.1) is 0 Å². The number of carbonyl (C=O) groups is 3. The Morgan fingerprint density at radius 3 is 2.40 bits per heavy atom. The maximum absolute atomic E-state index is 14.4. The van der Waals surface area contributed by atoms with Crippen LogP contribution in [0.1, 0.15) is 72.1 Å². The van der Waals surface area contributed by atoms with Crippen LogP contribution in [0.25, 0.3) is 0 Å². The summed E-state index contributed by atoms with van der Waals surface area (Å²) in [5.41, 5.74) is -1.95. The van der Waals surface area contributed by atoms with Gasteiger partial charge in [-0.25, -0.2) is 9.59 Å². The van der Waals surface area contributed by atoms with Crippen LogP contribution in [0.2, 0.25) is 0 Å². The van der Waals surface area contributed by atoms with Gasteiger partial charge in [0.1, 0.15) is 30.0 Å². The molecule has 45 heavy (non-hydrogen) atoms. The van der Waals surface area contributed by atoms with Gasteiger partial charge in [-0.2, -0.15) is 5.26 Å². The fourth-order valence-electron chi connectivity index (χ4n) is 8.84. The van der Waals surface area contributed by atoms with Crippen LogP contribution in [0.5, 0.6) is 5.75 Å². The molecule has 1 aromatic rings. The predicted molar refractivity (Wildman–Crippen MR) is 157 cm³/mol. The maximum Gasteiger partial charge on any atom is 0.513 e. The molecule has 6 fully saturated rings. The van der Waals surface area contributed by atoms with Gasteiger partial charge in [0.25, 0.3) is 5.69 Å². The number of hydrogen-bond donors (Lipinski definition) is 1. The van der Waals surface area contributed by atoms with Crippen LogP contribution in [0, 0.1) is 44.6 Å². The fourth-order valence-corrected chi connectivity index (χ4v) is 8.84. The highest BCUT2D eigenvalue weighted by Gasteiger charge is 2.64. The number of nitriles is 1. The zero-order valence-corrected chi connectivity index (χ0v) is 25.9. The molecular formula is C32H40N4O9. The van der Waals surface area contributed by atoms with E-state index in [1.165, 1.54) is 24.3 Å². The quantitative estimate of drug-likeness (QED) is 0.131. The third kappa shape index (κ3) is 6.43. The summed E-state index contributed by atoms with van der Waals surface area (Å²) in [6.07, 6.45) is 4.76. The molecule has 0 aromatic heterocycles. The van der Waals surface area contributed by atoms with Crippen molar-refractivity contribution in [1.29, 1.82) is 5.26 Å². The van der Waals surface area contributed by atoms with Crippen LogP contribution in [-0.2, 0) is 19.0 Å². The van der Waals surface area contributed by atoms with Gasteiger partial charge in [0.2, 0.25) is 5.91 Å². The number of ether oxygens (including phenoxy) is 4. The Hall–Kier alpha value is -3.92. The summed E-state index contributed by atoms with van der Waals surface area (Å²) in [5.74, 6) is 0.894. The number of nitrogens with one attached hydrogen (secondary N) is 1. The molecule has 13 nitrogen and oxygen atoms in total. The van der Waals surface area contributed by atoms with Gasteiger partial charge in [0.15, 0.2) is 0 Å². The number of carbonyl (C=O) groups excluding carboxylic acids is 3. The number of hydrogen-bond acceptors (Lipinski definition) is 10. The van der Waals surface area contributed by atoms with Crippen LogP contribution in [0.4, 0.5) is 15.3 Å².